The Morgan fingerprint density at radius 1 is 1.00 bits per heavy atom. The van der Waals surface area contributed by atoms with Gasteiger partial charge in [0, 0.05) is 6.04 Å². The van der Waals surface area contributed by atoms with Gasteiger partial charge < -0.3 is 4.90 Å². The molecule has 0 spiro atoms. The monoisotopic (exact) mass is 227 g/mol. The maximum absolute atomic E-state index is 2.55. The first-order valence-corrected chi connectivity index (χ1v) is 6.86. The second-order valence-corrected chi connectivity index (χ2v) is 6.96. The third-order valence-corrected chi connectivity index (χ3v) is 4.41. The lowest BCUT2D eigenvalue weighted by Gasteiger charge is -2.39. The van der Waals surface area contributed by atoms with Crippen LogP contribution in [0.4, 0.5) is 0 Å². The zero-order valence-corrected chi connectivity index (χ0v) is 12.9. The molecule has 98 valence electrons. The van der Waals surface area contributed by atoms with Crippen molar-refractivity contribution in [1.29, 1.82) is 0 Å². The van der Waals surface area contributed by atoms with Gasteiger partial charge in [0.05, 0.1) is 0 Å². The van der Waals surface area contributed by atoms with Gasteiger partial charge in [-0.25, -0.2) is 0 Å². The fourth-order valence-electron chi connectivity index (χ4n) is 1.88. The van der Waals surface area contributed by atoms with Crippen LogP contribution in [0.5, 0.6) is 0 Å². The smallest absolute Gasteiger partial charge is 0.00384 e. The Labute approximate surface area is 104 Å². The Bertz CT molecular complexity index is 186. The molecule has 1 heteroatoms. The second-order valence-electron chi connectivity index (χ2n) is 6.96. The van der Waals surface area contributed by atoms with Crippen molar-refractivity contribution in [3.8, 4) is 0 Å². The highest BCUT2D eigenvalue weighted by atomic mass is 15.1. The quantitative estimate of drug-likeness (QED) is 0.642. The molecule has 0 amide bonds. The summed E-state index contributed by atoms with van der Waals surface area (Å²) in [7, 11) is 0. The first-order chi connectivity index (χ1) is 7.12. The van der Waals surface area contributed by atoms with Crippen molar-refractivity contribution in [3.63, 3.8) is 0 Å². The Morgan fingerprint density at radius 3 is 1.81 bits per heavy atom. The Balaban J connectivity index is 4.07. The lowest BCUT2D eigenvalue weighted by atomic mass is 9.67. The molecule has 0 aliphatic carbocycles. The summed E-state index contributed by atoms with van der Waals surface area (Å²) >= 11 is 0. The molecule has 0 aromatic rings. The maximum Gasteiger partial charge on any atom is 0.00384 e. The third-order valence-electron chi connectivity index (χ3n) is 4.41. The highest BCUT2D eigenvalue weighted by Gasteiger charge is 2.31. The molecule has 0 unspecified atom stereocenters. The maximum atomic E-state index is 2.55. The van der Waals surface area contributed by atoms with Gasteiger partial charge in [0.2, 0.25) is 0 Å². The van der Waals surface area contributed by atoms with Gasteiger partial charge in [0.1, 0.15) is 0 Å². The van der Waals surface area contributed by atoms with Crippen LogP contribution in [0.2, 0.25) is 0 Å². The Hall–Kier alpha value is -0.0400. The highest BCUT2D eigenvalue weighted by Crippen LogP contribution is 2.41. The topological polar surface area (TPSA) is 3.24 Å². The van der Waals surface area contributed by atoms with Crippen molar-refractivity contribution in [3.05, 3.63) is 0 Å². The van der Waals surface area contributed by atoms with Crippen LogP contribution in [0.1, 0.15) is 68.2 Å². The predicted molar refractivity (Wildman–Crippen MR) is 74.9 cm³/mol. The first-order valence-electron chi connectivity index (χ1n) is 6.86. The predicted octanol–water partition coefficient (Wildman–Crippen LogP) is 4.57. The molecule has 0 aliphatic heterocycles. The van der Waals surface area contributed by atoms with Crippen LogP contribution in [-0.4, -0.2) is 24.0 Å². The highest BCUT2D eigenvalue weighted by molar-refractivity contribution is 4.82. The van der Waals surface area contributed by atoms with Crippen LogP contribution in [0.15, 0.2) is 0 Å². The number of hydrogen-bond donors (Lipinski definition) is 0. The minimum Gasteiger partial charge on any atom is -0.301 e. The van der Waals surface area contributed by atoms with E-state index in [9.17, 15) is 0 Å². The molecule has 0 aliphatic rings. The van der Waals surface area contributed by atoms with E-state index in [-0.39, 0.29) is 0 Å². The summed E-state index contributed by atoms with van der Waals surface area (Å²) in [5.74, 6) is 0. The van der Waals surface area contributed by atoms with Gasteiger partial charge in [0.15, 0.2) is 0 Å². The number of rotatable bonds is 6. The van der Waals surface area contributed by atoms with E-state index in [4.69, 9.17) is 0 Å². The largest absolute Gasteiger partial charge is 0.301 e. The van der Waals surface area contributed by atoms with E-state index in [0.29, 0.717) is 16.9 Å². The third kappa shape index (κ3) is 4.86. The molecule has 0 aromatic heterocycles. The molecule has 16 heavy (non-hydrogen) atoms. The Kier molecular flexibility index (Phi) is 6.03. The average molecular weight is 227 g/mol. The standard InChI is InChI=1S/C15H33N/c1-9-16(13(2)3)12-10-11-15(7,8)14(4,5)6/h13H,9-12H2,1-8H3. The molecular formula is C15H33N. The molecule has 0 N–H and O–H groups in total. The average Bonchev–Trinajstić information content (AvgIpc) is 2.09. The van der Waals surface area contributed by atoms with E-state index in [1.807, 2.05) is 0 Å². The van der Waals surface area contributed by atoms with E-state index in [2.05, 4.69) is 60.3 Å². The molecule has 0 fully saturated rings. The van der Waals surface area contributed by atoms with Crippen LogP contribution in [0, 0.1) is 10.8 Å². The van der Waals surface area contributed by atoms with Crippen molar-refractivity contribution in [2.75, 3.05) is 13.1 Å². The molecule has 1 nitrogen and oxygen atoms in total. The van der Waals surface area contributed by atoms with Crippen LogP contribution in [-0.2, 0) is 0 Å². The zero-order chi connectivity index (χ0) is 13.0. The van der Waals surface area contributed by atoms with Gasteiger partial charge in [-0.2, -0.15) is 0 Å². The summed E-state index contributed by atoms with van der Waals surface area (Å²) in [6.07, 6.45) is 2.63. The molecule has 0 atom stereocenters. The van der Waals surface area contributed by atoms with Crippen molar-refractivity contribution in [2.24, 2.45) is 10.8 Å². The number of nitrogens with zero attached hydrogens (tertiary/aromatic N) is 1. The summed E-state index contributed by atoms with van der Waals surface area (Å²) < 4.78 is 0. The first kappa shape index (κ1) is 16.0. The van der Waals surface area contributed by atoms with Gasteiger partial charge in [-0.15, -0.1) is 0 Å². The SMILES string of the molecule is CCN(CCCC(C)(C)C(C)(C)C)C(C)C. The lowest BCUT2D eigenvalue weighted by Crippen LogP contribution is -2.34. The normalized spacial score (nSPS) is 13.9. The molecule has 0 aromatic carbocycles. The summed E-state index contributed by atoms with van der Waals surface area (Å²) in [5.41, 5.74) is 0.839. The van der Waals surface area contributed by atoms with E-state index in [1.54, 1.807) is 0 Å². The lowest BCUT2D eigenvalue weighted by molar-refractivity contribution is 0.107. The van der Waals surface area contributed by atoms with Gasteiger partial charge in [-0.1, -0.05) is 41.5 Å². The van der Waals surface area contributed by atoms with Crippen LogP contribution < -0.4 is 0 Å². The minimum atomic E-state index is 0.405. The molecule has 0 heterocycles. The van der Waals surface area contributed by atoms with E-state index in [0.717, 1.165) is 0 Å². The fourth-order valence-corrected chi connectivity index (χ4v) is 1.88. The van der Waals surface area contributed by atoms with Gasteiger partial charge in [-0.3, -0.25) is 0 Å². The molecule has 0 rings (SSSR count). The van der Waals surface area contributed by atoms with Crippen molar-refractivity contribution >= 4 is 0 Å². The summed E-state index contributed by atoms with van der Waals surface area (Å²) in [5, 5.41) is 0. The van der Waals surface area contributed by atoms with Gasteiger partial charge in [-0.05, 0) is 50.6 Å². The summed E-state index contributed by atoms with van der Waals surface area (Å²) in [6.45, 7) is 21.1. The van der Waals surface area contributed by atoms with Crippen molar-refractivity contribution < 1.29 is 0 Å². The molecule has 0 bridgehead atoms. The van der Waals surface area contributed by atoms with Crippen LogP contribution in [0.3, 0.4) is 0 Å². The second kappa shape index (κ2) is 6.05. The van der Waals surface area contributed by atoms with E-state index >= 15 is 0 Å². The molecule has 0 radical (unpaired) electrons. The summed E-state index contributed by atoms with van der Waals surface area (Å²) in [6, 6.07) is 0.683. The molecular weight excluding hydrogens is 194 g/mol. The van der Waals surface area contributed by atoms with Gasteiger partial charge >= 0.3 is 0 Å². The van der Waals surface area contributed by atoms with Gasteiger partial charge in [0.25, 0.3) is 0 Å². The molecule has 0 saturated heterocycles. The van der Waals surface area contributed by atoms with Crippen molar-refractivity contribution in [2.45, 2.75) is 74.3 Å². The minimum absolute atomic E-state index is 0.405. The van der Waals surface area contributed by atoms with E-state index in [1.165, 1.54) is 25.9 Å². The fraction of sp³-hybridized carbons (Fsp3) is 1.00. The summed E-state index contributed by atoms with van der Waals surface area (Å²) in [4.78, 5) is 2.55. The zero-order valence-electron chi connectivity index (χ0n) is 12.9. The van der Waals surface area contributed by atoms with Crippen LogP contribution >= 0.6 is 0 Å². The van der Waals surface area contributed by atoms with Crippen LogP contribution in [0.25, 0.3) is 0 Å². The Morgan fingerprint density at radius 2 is 1.50 bits per heavy atom. The molecule has 0 saturated carbocycles. The van der Waals surface area contributed by atoms with E-state index < -0.39 is 0 Å². The van der Waals surface area contributed by atoms with Crippen molar-refractivity contribution in [1.82, 2.24) is 4.90 Å². The number of hydrogen-bond acceptors (Lipinski definition) is 1.